The summed E-state index contributed by atoms with van der Waals surface area (Å²) in [6, 6.07) is 1.53. The second-order valence-electron chi connectivity index (χ2n) is 4.61. The highest BCUT2D eigenvalue weighted by atomic mass is 16.5. The molecule has 1 unspecified atom stereocenters. The number of nitrogens with one attached hydrogen (secondary N) is 1. The van der Waals surface area contributed by atoms with Crippen LogP contribution in [-0.4, -0.2) is 31.3 Å². The summed E-state index contributed by atoms with van der Waals surface area (Å²) in [5.41, 5.74) is 5.75. The maximum atomic E-state index is 5.75. The minimum atomic E-state index is 0.424. The van der Waals surface area contributed by atoms with E-state index in [2.05, 4.69) is 19.2 Å². The van der Waals surface area contributed by atoms with Gasteiger partial charge in [0, 0.05) is 24.7 Å². The predicted octanol–water partition coefficient (Wildman–Crippen LogP) is 1.13. The van der Waals surface area contributed by atoms with Gasteiger partial charge in [0.25, 0.3) is 0 Å². The molecular weight excluding hydrogens is 176 g/mol. The van der Waals surface area contributed by atoms with E-state index in [1.165, 1.54) is 0 Å². The summed E-state index contributed by atoms with van der Waals surface area (Å²) in [4.78, 5) is 0. The van der Waals surface area contributed by atoms with Crippen LogP contribution in [0.5, 0.6) is 0 Å². The first-order valence-corrected chi connectivity index (χ1v) is 5.72. The number of nitrogens with two attached hydrogens (primary N) is 1. The standard InChI is InChI=1S/C11H24N2O/c1-4-14-7-11(8(2)3)13-10-5-9(12)6-10/h8-11,13H,4-7,12H2,1-3H3. The first kappa shape index (κ1) is 12.0. The van der Waals surface area contributed by atoms with Crippen molar-refractivity contribution in [3.63, 3.8) is 0 Å². The Bertz CT molecular complexity index is 155. The van der Waals surface area contributed by atoms with E-state index in [1.807, 2.05) is 6.92 Å². The summed E-state index contributed by atoms with van der Waals surface area (Å²) in [6.45, 7) is 8.12. The molecule has 0 aromatic carbocycles. The molecule has 1 atom stereocenters. The molecule has 3 N–H and O–H groups in total. The lowest BCUT2D eigenvalue weighted by atomic mass is 9.86. The Morgan fingerprint density at radius 1 is 1.43 bits per heavy atom. The Morgan fingerprint density at radius 2 is 2.07 bits per heavy atom. The number of hydrogen-bond acceptors (Lipinski definition) is 3. The van der Waals surface area contributed by atoms with Gasteiger partial charge in [-0.1, -0.05) is 13.8 Å². The van der Waals surface area contributed by atoms with E-state index in [9.17, 15) is 0 Å². The van der Waals surface area contributed by atoms with Crippen LogP contribution in [0.25, 0.3) is 0 Å². The van der Waals surface area contributed by atoms with Crippen LogP contribution >= 0.6 is 0 Å². The van der Waals surface area contributed by atoms with Crippen molar-refractivity contribution in [2.45, 2.75) is 51.7 Å². The fourth-order valence-corrected chi connectivity index (χ4v) is 1.78. The quantitative estimate of drug-likeness (QED) is 0.675. The fourth-order valence-electron chi connectivity index (χ4n) is 1.78. The second kappa shape index (κ2) is 5.69. The first-order chi connectivity index (χ1) is 6.63. The zero-order valence-corrected chi connectivity index (χ0v) is 9.62. The lowest BCUT2D eigenvalue weighted by Gasteiger charge is -2.37. The van der Waals surface area contributed by atoms with E-state index in [4.69, 9.17) is 10.5 Å². The molecule has 0 heterocycles. The van der Waals surface area contributed by atoms with Crippen LogP contribution in [0.2, 0.25) is 0 Å². The highest BCUT2D eigenvalue weighted by molar-refractivity contribution is 4.90. The molecule has 0 spiro atoms. The summed E-state index contributed by atoms with van der Waals surface area (Å²) in [5, 5.41) is 3.61. The molecule has 0 aromatic rings. The molecule has 1 rings (SSSR count). The van der Waals surface area contributed by atoms with E-state index in [1.54, 1.807) is 0 Å². The monoisotopic (exact) mass is 200 g/mol. The van der Waals surface area contributed by atoms with Crippen molar-refractivity contribution in [2.75, 3.05) is 13.2 Å². The minimum absolute atomic E-state index is 0.424. The van der Waals surface area contributed by atoms with Crippen molar-refractivity contribution in [1.82, 2.24) is 5.32 Å². The summed E-state index contributed by atoms with van der Waals surface area (Å²) >= 11 is 0. The lowest BCUT2D eigenvalue weighted by Crippen LogP contribution is -2.54. The molecule has 3 heteroatoms. The summed E-state index contributed by atoms with van der Waals surface area (Å²) in [5.74, 6) is 0.623. The largest absolute Gasteiger partial charge is 0.380 e. The van der Waals surface area contributed by atoms with Gasteiger partial charge in [-0.25, -0.2) is 0 Å². The van der Waals surface area contributed by atoms with Gasteiger partial charge < -0.3 is 15.8 Å². The van der Waals surface area contributed by atoms with Crippen LogP contribution in [0.1, 0.15) is 33.6 Å². The zero-order valence-electron chi connectivity index (χ0n) is 9.62. The molecular formula is C11H24N2O. The Morgan fingerprint density at radius 3 is 2.50 bits per heavy atom. The second-order valence-corrected chi connectivity index (χ2v) is 4.61. The molecule has 1 saturated carbocycles. The Hall–Kier alpha value is -0.120. The smallest absolute Gasteiger partial charge is 0.0622 e. The number of ether oxygens (including phenoxy) is 1. The van der Waals surface area contributed by atoms with Crippen LogP contribution in [0.15, 0.2) is 0 Å². The highest BCUT2D eigenvalue weighted by Crippen LogP contribution is 2.19. The van der Waals surface area contributed by atoms with Gasteiger partial charge in [0.1, 0.15) is 0 Å². The molecule has 1 aliphatic rings. The van der Waals surface area contributed by atoms with E-state index < -0.39 is 0 Å². The Kier molecular flexibility index (Phi) is 4.85. The molecule has 0 bridgehead atoms. The molecule has 0 saturated heterocycles. The summed E-state index contributed by atoms with van der Waals surface area (Å²) < 4.78 is 5.46. The molecule has 0 aromatic heterocycles. The third-order valence-corrected chi connectivity index (χ3v) is 2.93. The summed E-state index contributed by atoms with van der Waals surface area (Å²) in [7, 11) is 0. The molecule has 0 radical (unpaired) electrons. The van der Waals surface area contributed by atoms with Crippen molar-refractivity contribution in [3.8, 4) is 0 Å². The molecule has 0 amide bonds. The van der Waals surface area contributed by atoms with Crippen molar-refractivity contribution in [1.29, 1.82) is 0 Å². The van der Waals surface area contributed by atoms with Gasteiger partial charge in [-0.3, -0.25) is 0 Å². The van der Waals surface area contributed by atoms with Crippen molar-refractivity contribution in [2.24, 2.45) is 11.7 Å². The Balaban J connectivity index is 2.21. The molecule has 1 fully saturated rings. The van der Waals surface area contributed by atoms with Gasteiger partial charge in [-0.2, -0.15) is 0 Å². The average molecular weight is 200 g/mol. The predicted molar refractivity (Wildman–Crippen MR) is 59.3 cm³/mol. The molecule has 0 aliphatic heterocycles. The van der Waals surface area contributed by atoms with Crippen molar-refractivity contribution in [3.05, 3.63) is 0 Å². The van der Waals surface area contributed by atoms with E-state index in [0.29, 0.717) is 24.0 Å². The number of hydrogen-bond donors (Lipinski definition) is 2. The van der Waals surface area contributed by atoms with Crippen LogP contribution in [0.3, 0.4) is 0 Å². The maximum Gasteiger partial charge on any atom is 0.0622 e. The van der Waals surface area contributed by atoms with Gasteiger partial charge in [0.15, 0.2) is 0 Å². The maximum absolute atomic E-state index is 5.75. The van der Waals surface area contributed by atoms with Gasteiger partial charge in [-0.15, -0.1) is 0 Å². The van der Waals surface area contributed by atoms with Crippen LogP contribution in [-0.2, 0) is 4.74 Å². The van der Waals surface area contributed by atoms with Gasteiger partial charge in [-0.05, 0) is 25.7 Å². The van der Waals surface area contributed by atoms with Gasteiger partial charge in [0.2, 0.25) is 0 Å². The topological polar surface area (TPSA) is 47.3 Å². The zero-order chi connectivity index (χ0) is 10.6. The Labute approximate surface area is 87.4 Å². The van der Waals surface area contributed by atoms with E-state index >= 15 is 0 Å². The normalized spacial score (nSPS) is 28.9. The van der Waals surface area contributed by atoms with Crippen molar-refractivity contribution >= 4 is 0 Å². The van der Waals surface area contributed by atoms with Crippen LogP contribution in [0, 0.1) is 5.92 Å². The third-order valence-electron chi connectivity index (χ3n) is 2.93. The molecule has 14 heavy (non-hydrogen) atoms. The van der Waals surface area contributed by atoms with E-state index in [0.717, 1.165) is 26.1 Å². The van der Waals surface area contributed by atoms with E-state index in [-0.39, 0.29) is 0 Å². The van der Waals surface area contributed by atoms with Crippen LogP contribution in [0.4, 0.5) is 0 Å². The first-order valence-electron chi connectivity index (χ1n) is 5.72. The van der Waals surface area contributed by atoms with Crippen molar-refractivity contribution < 1.29 is 4.74 Å². The lowest BCUT2D eigenvalue weighted by molar-refractivity contribution is 0.0946. The summed E-state index contributed by atoms with van der Waals surface area (Å²) in [6.07, 6.45) is 2.24. The SMILES string of the molecule is CCOCC(NC1CC(N)C1)C(C)C. The fraction of sp³-hybridized carbons (Fsp3) is 1.00. The van der Waals surface area contributed by atoms with Crippen LogP contribution < -0.4 is 11.1 Å². The van der Waals surface area contributed by atoms with Gasteiger partial charge in [0.05, 0.1) is 6.61 Å². The molecule has 1 aliphatic carbocycles. The van der Waals surface area contributed by atoms with Gasteiger partial charge >= 0.3 is 0 Å². The number of rotatable bonds is 6. The molecule has 84 valence electrons. The third kappa shape index (κ3) is 3.56. The highest BCUT2D eigenvalue weighted by Gasteiger charge is 2.28. The average Bonchev–Trinajstić information content (AvgIpc) is 2.08. The minimum Gasteiger partial charge on any atom is -0.380 e. The molecule has 3 nitrogen and oxygen atoms in total.